The molecule has 7 nitrogen and oxygen atoms in total. The minimum Gasteiger partial charge on any atom is -0.494 e. The summed E-state index contributed by atoms with van der Waals surface area (Å²) in [7, 11) is 0. The molecule has 2 rings (SSSR count). The third kappa shape index (κ3) is 2.62. The van der Waals surface area contributed by atoms with Crippen molar-refractivity contribution >= 4 is 11.6 Å². The number of carbonyl (C=O) groups is 1. The molecule has 0 atom stereocenters. The zero-order chi connectivity index (χ0) is 13.0. The van der Waals surface area contributed by atoms with Crippen molar-refractivity contribution in [3.05, 3.63) is 29.6 Å². The average Bonchev–Trinajstić information content (AvgIpc) is 2.86. The molecule has 0 saturated heterocycles. The normalized spacial score (nSPS) is 10.1. The molecule has 0 aliphatic rings. The Hall–Kier alpha value is -2.44. The molecule has 1 aromatic carbocycles. The first-order chi connectivity index (χ1) is 8.70. The lowest BCUT2D eigenvalue weighted by atomic mass is 10.2. The minimum absolute atomic E-state index is 0.00304. The van der Waals surface area contributed by atoms with Crippen molar-refractivity contribution in [3.8, 4) is 5.75 Å². The van der Waals surface area contributed by atoms with Gasteiger partial charge >= 0.3 is 0 Å². The first-order valence-corrected chi connectivity index (χ1v) is 5.49. The summed E-state index contributed by atoms with van der Waals surface area (Å²) in [4.78, 5) is 11.7. The first kappa shape index (κ1) is 12.0. The second-order valence-corrected chi connectivity index (χ2v) is 3.60. The van der Waals surface area contributed by atoms with Crippen LogP contribution in [0.15, 0.2) is 18.2 Å². The van der Waals surface area contributed by atoms with Crippen LogP contribution in [0, 0.1) is 6.92 Å². The second kappa shape index (κ2) is 5.26. The van der Waals surface area contributed by atoms with Crippen LogP contribution in [0.25, 0.3) is 0 Å². The number of anilines is 1. The Bertz CT molecular complexity index is 538. The van der Waals surface area contributed by atoms with E-state index < -0.39 is 5.91 Å². The van der Waals surface area contributed by atoms with E-state index in [1.54, 1.807) is 12.1 Å². The molecule has 0 fully saturated rings. The van der Waals surface area contributed by atoms with E-state index in [1.165, 1.54) is 0 Å². The topological polar surface area (TPSA) is 92.8 Å². The number of H-pyrrole nitrogens is 1. The molecule has 0 unspecified atom stereocenters. The Labute approximate surface area is 104 Å². The Morgan fingerprint density at radius 1 is 1.50 bits per heavy atom. The highest BCUT2D eigenvalue weighted by molar-refractivity contribution is 6.01. The lowest BCUT2D eigenvalue weighted by molar-refractivity contribution is 0.101. The Morgan fingerprint density at radius 3 is 2.94 bits per heavy atom. The quantitative estimate of drug-likeness (QED) is 0.845. The summed E-state index contributed by atoms with van der Waals surface area (Å²) in [5, 5.41) is 15.5. The van der Waals surface area contributed by atoms with Crippen molar-refractivity contribution in [3.63, 3.8) is 0 Å². The largest absolute Gasteiger partial charge is 0.494 e. The molecule has 0 aliphatic heterocycles. The van der Waals surface area contributed by atoms with E-state index in [-0.39, 0.29) is 5.82 Å². The van der Waals surface area contributed by atoms with Crippen molar-refractivity contribution in [2.45, 2.75) is 13.8 Å². The molecule has 0 spiro atoms. The predicted molar refractivity (Wildman–Crippen MR) is 64.5 cm³/mol. The van der Waals surface area contributed by atoms with Crippen molar-refractivity contribution in [2.24, 2.45) is 0 Å². The molecule has 18 heavy (non-hydrogen) atoms. The van der Waals surface area contributed by atoms with Gasteiger partial charge in [0.05, 0.1) is 6.61 Å². The van der Waals surface area contributed by atoms with Crippen LogP contribution in [-0.4, -0.2) is 33.1 Å². The van der Waals surface area contributed by atoms with E-state index in [0.717, 1.165) is 11.3 Å². The molecule has 1 heterocycles. The van der Waals surface area contributed by atoms with Crippen LogP contribution in [0.4, 0.5) is 5.69 Å². The van der Waals surface area contributed by atoms with Crippen molar-refractivity contribution in [1.29, 1.82) is 0 Å². The molecule has 0 radical (unpaired) electrons. The van der Waals surface area contributed by atoms with Gasteiger partial charge in [0.15, 0.2) is 0 Å². The van der Waals surface area contributed by atoms with Crippen LogP contribution in [-0.2, 0) is 0 Å². The number of aromatic nitrogens is 4. The number of tetrazole rings is 1. The van der Waals surface area contributed by atoms with Gasteiger partial charge < -0.3 is 10.1 Å². The van der Waals surface area contributed by atoms with Gasteiger partial charge in [-0.25, -0.2) is 0 Å². The van der Waals surface area contributed by atoms with Crippen LogP contribution in [0.5, 0.6) is 5.75 Å². The summed E-state index contributed by atoms with van der Waals surface area (Å²) in [5.74, 6) is 0.367. The van der Waals surface area contributed by atoms with Crippen LogP contribution in [0.1, 0.15) is 23.1 Å². The lowest BCUT2D eigenvalue weighted by Gasteiger charge is -2.09. The number of nitrogens with one attached hydrogen (secondary N) is 2. The van der Waals surface area contributed by atoms with Crippen molar-refractivity contribution < 1.29 is 9.53 Å². The maximum Gasteiger partial charge on any atom is 0.297 e. The Balaban J connectivity index is 2.12. The monoisotopic (exact) mass is 247 g/mol. The molecule has 7 heteroatoms. The average molecular weight is 247 g/mol. The van der Waals surface area contributed by atoms with Crippen molar-refractivity contribution in [2.75, 3.05) is 11.9 Å². The van der Waals surface area contributed by atoms with E-state index >= 15 is 0 Å². The molecule has 0 saturated carbocycles. The third-order valence-electron chi connectivity index (χ3n) is 2.31. The molecule has 1 aromatic heterocycles. The highest BCUT2D eigenvalue weighted by Crippen LogP contribution is 2.21. The number of rotatable bonds is 4. The zero-order valence-electron chi connectivity index (χ0n) is 10.1. The summed E-state index contributed by atoms with van der Waals surface area (Å²) in [6.07, 6.45) is 0. The van der Waals surface area contributed by atoms with Gasteiger partial charge in [0, 0.05) is 5.69 Å². The second-order valence-electron chi connectivity index (χ2n) is 3.60. The predicted octanol–water partition coefficient (Wildman–Crippen LogP) is 1.16. The highest BCUT2D eigenvalue weighted by atomic mass is 16.5. The van der Waals surface area contributed by atoms with Gasteiger partial charge in [-0.3, -0.25) is 4.79 Å². The Kier molecular flexibility index (Phi) is 3.52. The number of hydrogen-bond acceptors (Lipinski definition) is 5. The van der Waals surface area contributed by atoms with Crippen LogP contribution in [0.3, 0.4) is 0 Å². The molecule has 2 N–H and O–H groups in total. The number of amides is 1. The number of benzene rings is 1. The number of hydrogen-bond donors (Lipinski definition) is 2. The van der Waals surface area contributed by atoms with Gasteiger partial charge in [-0.1, -0.05) is 0 Å². The zero-order valence-corrected chi connectivity index (χ0v) is 10.1. The molecular weight excluding hydrogens is 234 g/mol. The Morgan fingerprint density at radius 2 is 2.33 bits per heavy atom. The first-order valence-electron chi connectivity index (χ1n) is 5.49. The number of ether oxygens (including phenoxy) is 1. The fraction of sp³-hybridized carbons (Fsp3) is 0.273. The van der Waals surface area contributed by atoms with Gasteiger partial charge in [-0.05, 0) is 42.8 Å². The van der Waals surface area contributed by atoms with Crippen molar-refractivity contribution in [1.82, 2.24) is 20.6 Å². The summed E-state index contributed by atoms with van der Waals surface area (Å²) in [5.41, 5.74) is 1.59. The van der Waals surface area contributed by atoms with E-state index in [1.807, 2.05) is 19.9 Å². The summed E-state index contributed by atoms with van der Waals surface area (Å²) >= 11 is 0. The van der Waals surface area contributed by atoms with E-state index in [9.17, 15) is 4.79 Å². The van der Waals surface area contributed by atoms with E-state index in [2.05, 4.69) is 25.9 Å². The lowest BCUT2D eigenvalue weighted by Crippen LogP contribution is -2.14. The number of aromatic amines is 1. The molecular formula is C11H13N5O2. The van der Waals surface area contributed by atoms with Gasteiger partial charge in [-0.15, -0.1) is 10.2 Å². The van der Waals surface area contributed by atoms with Crippen LogP contribution >= 0.6 is 0 Å². The molecule has 2 aromatic rings. The maximum absolute atomic E-state index is 11.7. The van der Waals surface area contributed by atoms with Gasteiger partial charge in [-0.2, -0.15) is 5.21 Å². The SMILES string of the molecule is CCOc1ccc(NC(=O)c2nn[nH]n2)c(C)c1. The molecule has 1 amide bonds. The van der Waals surface area contributed by atoms with E-state index in [4.69, 9.17) is 4.74 Å². The fourth-order valence-corrected chi connectivity index (χ4v) is 1.47. The van der Waals surface area contributed by atoms with Crippen LogP contribution < -0.4 is 10.1 Å². The summed E-state index contributed by atoms with van der Waals surface area (Å²) in [6, 6.07) is 5.43. The van der Waals surface area contributed by atoms with Crippen LogP contribution in [0.2, 0.25) is 0 Å². The highest BCUT2D eigenvalue weighted by Gasteiger charge is 2.12. The summed E-state index contributed by atoms with van der Waals surface area (Å²) < 4.78 is 5.37. The van der Waals surface area contributed by atoms with Gasteiger partial charge in [0.1, 0.15) is 5.75 Å². The fourth-order valence-electron chi connectivity index (χ4n) is 1.47. The number of carbonyl (C=O) groups excluding carboxylic acids is 1. The minimum atomic E-state index is -0.406. The van der Waals surface area contributed by atoms with E-state index in [0.29, 0.717) is 12.3 Å². The smallest absolute Gasteiger partial charge is 0.297 e. The van der Waals surface area contributed by atoms with Gasteiger partial charge in [0.2, 0.25) is 0 Å². The molecule has 94 valence electrons. The molecule has 0 bridgehead atoms. The summed E-state index contributed by atoms with van der Waals surface area (Å²) in [6.45, 7) is 4.41. The third-order valence-corrected chi connectivity index (χ3v) is 2.31. The number of aryl methyl sites for hydroxylation is 1. The van der Waals surface area contributed by atoms with Gasteiger partial charge in [0.25, 0.3) is 11.7 Å². The maximum atomic E-state index is 11.7. The number of nitrogens with zero attached hydrogens (tertiary/aromatic N) is 3. The molecule has 0 aliphatic carbocycles. The standard InChI is InChI=1S/C11H13N5O2/c1-3-18-8-4-5-9(7(2)6-8)12-11(17)10-13-15-16-14-10/h4-6H,3H2,1-2H3,(H,12,17)(H,13,14,15,16).